The first kappa shape index (κ1) is 17.0. The van der Waals surface area contributed by atoms with Crippen molar-refractivity contribution in [3.8, 4) is 0 Å². The summed E-state index contributed by atoms with van der Waals surface area (Å²) in [6.45, 7) is 3.39. The maximum atomic E-state index is 12.6. The molecule has 0 spiro atoms. The molecule has 1 fully saturated rings. The van der Waals surface area contributed by atoms with E-state index in [1.807, 2.05) is 4.90 Å². The molecule has 1 amide bonds. The second-order valence-corrected chi connectivity index (χ2v) is 8.42. The second-order valence-electron chi connectivity index (χ2n) is 6.28. The lowest BCUT2D eigenvalue weighted by Crippen LogP contribution is -2.49. The van der Waals surface area contributed by atoms with Crippen LogP contribution in [0, 0.1) is 5.92 Å². The van der Waals surface area contributed by atoms with Crippen LogP contribution in [-0.4, -0.2) is 44.6 Å². The van der Waals surface area contributed by atoms with Crippen molar-refractivity contribution in [3.63, 3.8) is 0 Å². The summed E-state index contributed by atoms with van der Waals surface area (Å²) in [7, 11) is -3.06. The van der Waals surface area contributed by atoms with Crippen LogP contribution in [0.1, 0.15) is 35.7 Å². The van der Waals surface area contributed by atoms with Crippen LogP contribution in [0.2, 0.25) is 0 Å². The number of sulfone groups is 1. The summed E-state index contributed by atoms with van der Waals surface area (Å²) in [5.74, 6) is 0.566. The van der Waals surface area contributed by atoms with Gasteiger partial charge in [0.2, 0.25) is 0 Å². The summed E-state index contributed by atoms with van der Waals surface area (Å²) in [5, 5.41) is 0. The third-order valence-electron chi connectivity index (χ3n) is 4.14. The summed E-state index contributed by atoms with van der Waals surface area (Å²) in [6.07, 6.45) is 3.13. The smallest absolute Gasteiger partial charge is 0.254 e. The number of likely N-dealkylation sites (tertiary alicyclic amines) is 1. The van der Waals surface area contributed by atoms with Crippen molar-refractivity contribution >= 4 is 15.7 Å². The molecule has 0 bridgehead atoms. The van der Waals surface area contributed by atoms with E-state index >= 15 is 0 Å². The Morgan fingerprint density at radius 3 is 2.50 bits per heavy atom. The Kier molecular flexibility index (Phi) is 5.24. The van der Waals surface area contributed by atoms with Crippen molar-refractivity contribution < 1.29 is 13.2 Å². The second kappa shape index (κ2) is 6.79. The van der Waals surface area contributed by atoms with Gasteiger partial charge in [0.1, 0.15) is 0 Å². The highest BCUT2D eigenvalue weighted by molar-refractivity contribution is 7.89. The fraction of sp³-hybridized carbons (Fsp3) is 0.562. The molecule has 1 aromatic rings. The van der Waals surface area contributed by atoms with E-state index in [9.17, 15) is 13.2 Å². The molecule has 5 nitrogen and oxygen atoms in total. The molecule has 22 heavy (non-hydrogen) atoms. The molecule has 2 rings (SSSR count). The Balaban J connectivity index is 2.12. The zero-order valence-electron chi connectivity index (χ0n) is 13.2. The number of hydrogen-bond donors (Lipinski definition) is 1. The van der Waals surface area contributed by atoms with Crippen LogP contribution in [-0.2, 0) is 15.6 Å². The standard InChI is InChI=1S/C16H24N2O3S/c1-12-7-8-18(15(9-12)10-17)16(19)14-5-3-13(4-6-14)11-22(2,20)21/h3-6,12,15H,7-11,17H2,1-2H3. The van der Waals surface area contributed by atoms with Crippen LogP contribution < -0.4 is 5.73 Å². The maximum absolute atomic E-state index is 12.6. The van der Waals surface area contributed by atoms with Gasteiger partial charge in [-0.15, -0.1) is 0 Å². The van der Waals surface area contributed by atoms with Gasteiger partial charge >= 0.3 is 0 Å². The van der Waals surface area contributed by atoms with Gasteiger partial charge in [-0.05, 0) is 36.5 Å². The van der Waals surface area contributed by atoms with Gasteiger partial charge in [0.25, 0.3) is 5.91 Å². The van der Waals surface area contributed by atoms with Crippen LogP contribution in [0.5, 0.6) is 0 Å². The van der Waals surface area contributed by atoms with Gasteiger partial charge in [-0.3, -0.25) is 4.79 Å². The molecule has 2 unspecified atom stereocenters. The molecule has 6 heteroatoms. The zero-order valence-corrected chi connectivity index (χ0v) is 14.0. The van der Waals surface area contributed by atoms with E-state index in [1.165, 1.54) is 6.26 Å². The normalized spacial score (nSPS) is 22.6. The number of benzene rings is 1. The van der Waals surface area contributed by atoms with Crippen molar-refractivity contribution in [1.29, 1.82) is 0 Å². The molecule has 0 aliphatic carbocycles. The minimum atomic E-state index is -3.06. The van der Waals surface area contributed by atoms with Crippen molar-refractivity contribution in [2.24, 2.45) is 11.7 Å². The Bertz CT molecular complexity index is 625. The van der Waals surface area contributed by atoms with E-state index < -0.39 is 9.84 Å². The first-order chi connectivity index (χ1) is 10.3. The van der Waals surface area contributed by atoms with Crippen molar-refractivity contribution in [1.82, 2.24) is 4.90 Å². The average Bonchev–Trinajstić information content (AvgIpc) is 2.45. The molecular weight excluding hydrogens is 300 g/mol. The van der Waals surface area contributed by atoms with Gasteiger partial charge in [0, 0.05) is 31.0 Å². The molecule has 2 N–H and O–H groups in total. The van der Waals surface area contributed by atoms with Crippen LogP contribution in [0.15, 0.2) is 24.3 Å². The van der Waals surface area contributed by atoms with Gasteiger partial charge in [-0.2, -0.15) is 0 Å². The topological polar surface area (TPSA) is 80.5 Å². The predicted octanol–water partition coefficient (Wildman–Crippen LogP) is 1.43. The molecule has 0 radical (unpaired) electrons. The number of carbonyl (C=O) groups excluding carboxylic acids is 1. The Morgan fingerprint density at radius 1 is 1.32 bits per heavy atom. The number of hydrogen-bond acceptors (Lipinski definition) is 4. The molecule has 1 aromatic carbocycles. The highest BCUT2D eigenvalue weighted by Gasteiger charge is 2.29. The number of nitrogens with zero attached hydrogens (tertiary/aromatic N) is 1. The van der Waals surface area contributed by atoms with E-state index in [1.54, 1.807) is 24.3 Å². The molecule has 1 saturated heterocycles. The van der Waals surface area contributed by atoms with E-state index in [2.05, 4.69) is 6.92 Å². The maximum Gasteiger partial charge on any atom is 0.254 e. The summed E-state index contributed by atoms with van der Waals surface area (Å²) in [5.41, 5.74) is 7.09. The summed E-state index contributed by atoms with van der Waals surface area (Å²) < 4.78 is 22.6. The highest BCUT2D eigenvalue weighted by Crippen LogP contribution is 2.23. The molecule has 1 heterocycles. The molecule has 122 valence electrons. The van der Waals surface area contributed by atoms with Gasteiger partial charge in [0.15, 0.2) is 9.84 Å². The summed E-state index contributed by atoms with van der Waals surface area (Å²) >= 11 is 0. The van der Waals surface area contributed by atoms with Crippen molar-refractivity contribution in [2.75, 3.05) is 19.3 Å². The van der Waals surface area contributed by atoms with Crippen LogP contribution in [0.3, 0.4) is 0 Å². The monoisotopic (exact) mass is 324 g/mol. The summed E-state index contributed by atoms with van der Waals surface area (Å²) in [6, 6.07) is 6.91. The number of piperidine rings is 1. The van der Waals surface area contributed by atoms with Crippen LogP contribution in [0.25, 0.3) is 0 Å². The van der Waals surface area contributed by atoms with Crippen LogP contribution in [0.4, 0.5) is 0 Å². The molecule has 1 aliphatic heterocycles. The first-order valence-corrected chi connectivity index (χ1v) is 9.64. The van der Waals surface area contributed by atoms with Gasteiger partial charge in [-0.1, -0.05) is 19.1 Å². The third-order valence-corrected chi connectivity index (χ3v) is 5.00. The lowest BCUT2D eigenvalue weighted by atomic mass is 9.92. The van der Waals surface area contributed by atoms with Crippen LogP contribution >= 0.6 is 0 Å². The van der Waals surface area contributed by atoms with E-state index in [0.29, 0.717) is 23.6 Å². The molecule has 0 aromatic heterocycles. The van der Waals surface area contributed by atoms with Crippen molar-refractivity contribution in [2.45, 2.75) is 31.6 Å². The largest absolute Gasteiger partial charge is 0.334 e. The van der Waals surface area contributed by atoms with Gasteiger partial charge < -0.3 is 10.6 Å². The lowest BCUT2D eigenvalue weighted by molar-refractivity contribution is 0.0573. The predicted molar refractivity (Wildman–Crippen MR) is 87.3 cm³/mol. The number of carbonyl (C=O) groups is 1. The fourth-order valence-corrected chi connectivity index (χ4v) is 3.75. The van der Waals surface area contributed by atoms with E-state index in [-0.39, 0.29) is 17.7 Å². The number of amides is 1. The molecule has 0 saturated carbocycles. The quantitative estimate of drug-likeness (QED) is 0.908. The highest BCUT2D eigenvalue weighted by atomic mass is 32.2. The molecule has 2 atom stereocenters. The minimum absolute atomic E-state index is 0.00583. The van der Waals surface area contributed by atoms with Gasteiger partial charge in [-0.25, -0.2) is 8.42 Å². The number of rotatable bonds is 4. The average molecular weight is 324 g/mol. The first-order valence-electron chi connectivity index (χ1n) is 7.58. The third kappa shape index (κ3) is 4.30. The Hall–Kier alpha value is -1.40. The lowest BCUT2D eigenvalue weighted by Gasteiger charge is -2.38. The number of nitrogens with two attached hydrogens (primary N) is 1. The fourth-order valence-electron chi connectivity index (χ4n) is 2.95. The Labute approximate surface area is 132 Å². The van der Waals surface area contributed by atoms with Crippen molar-refractivity contribution in [3.05, 3.63) is 35.4 Å². The van der Waals surface area contributed by atoms with Gasteiger partial charge in [0.05, 0.1) is 5.75 Å². The molecular formula is C16H24N2O3S. The van der Waals surface area contributed by atoms with E-state index in [0.717, 1.165) is 19.4 Å². The summed E-state index contributed by atoms with van der Waals surface area (Å²) in [4.78, 5) is 14.5. The van der Waals surface area contributed by atoms with E-state index in [4.69, 9.17) is 5.73 Å². The Morgan fingerprint density at radius 2 is 1.95 bits per heavy atom. The molecule has 1 aliphatic rings. The zero-order chi connectivity index (χ0) is 16.3. The SMILES string of the molecule is CC1CCN(C(=O)c2ccc(CS(C)(=O)=O)cc2)C(CN)C1. The minimum Gasteiger partial charge on any atom is -0.334 e.